The summed E-state index contributed by atoms with van der Waals surface area (Å²) in [4.78, 5) is 6.86. The minimum atomic E-state index is -0.0412. The number of pyridine rings is 1. The molecule has 3 heterocycles. The molecule has 0 amide bonds. The average Bonchev–Trinajstić information content (AvgIpc) is 3.39. The maximum Gasteiger partial charge on any atom is 0.170 e. The molecule has 7 heteroatoms. The van der Waals surface area contributed by atoms with E-state index in [1.54, 1.807) is 14.2 Å². The second kappa shape index (κ2) is 9.28. The fourth-order valence-electron chi connectivity index (χ4n) is 3.98. The molecule has 0 aliphatic carbocycles. The molecule has 1 N–H and O–H groups in total. The van der Waals surface area contributed by atoms with Crippen molar-refractivity contribution >= 4 is 17.3 Å². The average molecular weight is 423 g/mol. The van der Waals surface area contributed by atoms with Crippen LogP contribution in [-0.4, -0.2) is 46.9 Å². The van der Waals surface area contributed by atoms with Gasteiger partial charge in [-0.25, -0.2) is 0 Å². The number of hydrogen-bond acceptors (Lipinski definition) is 4. The summed E-state index contributed by atoms with van der Waals surface area (Å²) < 4.78 is 12.9. The predicted molar refractivity (Wildman–Crippen MR) is 121 cm³/mol. The molecule has 0 radical (unpaired) electrons. The third-order valence-corrected chi connectivity index (χ3v) is 5.71. The van der Waals surface area contributed by atoms with E-state index < -0.39 is 0 Å². The molecular weight excluding hydrogens is 396 g/mol. The summed E-state index contributed by atoms with van der Waals surface area (Å²) in [6, 6.07) is 18.2. The van der Waals surface area contributed by atoms with Crippen molar-refractivity contribution in [2.75, 3.05) is 27.4 Å². The first-order valence-corrected chi connectivity index (χ1v) is 10.4. The molecule has 2 aromatic heterocycles. The smallest absolute Gasteiger partial charge is 0.170 e. The van der Waals surface area contributed by atoms with Gasteiger partial charge in [-0.05, 0) is 55.0 Å². The highest BCUT2D eigenvalue weighted by Gasteiger charge is 2.40. The number of thiocarbonyl (C=S) groups is 1. The second-order valence-corrected chi connectivity index (χ2v) is 7.56. The molecule has 1 aliphatic rings. The fraction of sp³-hybridized carbons (Fsp3) is 0.304. The van der Waals surface area contributed by atoms with Crippen molar-refractivity contribution in [1.82, 2.24) is 19.8 Å². The molecule has 4 rings (SSSR count). The van der Waals surface area contributed by atoms with E-state index in [0.29, 0.717) is 6.61 Å². The van der Waals surface area contributed by atoms with Gasteiger partial charge < -0.3 is 24.3 Å². The number of nitrogens with one attached hydrogen (secondary N) is 1. The van der Waals surface area contributed by atoms with E-state index in [9.17, 15) is 0 Å². The highest BCUT2D eigenvalue weighted by Crippen LogP contribution is 2.39. The Morgan fingerprint density at radius 3 is 2.77 bits per heavy atom. The SMILES string of the molecule is COCCCN1C(=S)NC(c2ccccn2)C1c1cccn1-c1cccc(OC)c1. The van der Waals surface area contributed by atoms with Crippen LogP contribution in [0.2, 0.25) is 0 Å². The molecule has 30 heavy (non-hydrogen) atoms. The van der Waals surface area contributed by atoms with Crippen molar-refractivity contribution in [2.24, 2.45) is 0 Å². The van der Waals surface area contributed by atoms with Crippen LogP contribution in [-0.2, 0) is 4.74 Å². The first kappa shape index (κ1) is 20.4. The number of benzene rings is 1. The first-order chi connectivity index (χ1) is 14.7. The first-order valence-electron chi connectivity index (χ1n) is 10.0. The van der Waals surface area contributed by atoms with Gasteiger partial charge >= 0.3 is 0 Å². The Morgan fingerprint density at radius 1 is 1.10 bits per heavy atom. The van der Waals surface area contributed by atoms with Crippen LogP contribution in [0.3, 0.4) is 0 Å². The van der Waals surface area contributed by atoms with Crippen LogP contribution >= 0.6 is 12.2 Å². The highest BCUT2D eigenvalue weighted by molar-refractivity contribution is 7.80. The summed E-state index contributed by atoms with van der Waals surface area (Å²) in [5.74, 6) is 0.824. The third kappa shape index (κ3) is 4.04. The normalized spacial score (nSPS) is 18.5. The molecule has 0 saturated carbocycles. The number of nitrogens with zero attached hydrogens (tertiary/aromatic N) is 3. The molecule has 0 bridgehead atoms. The molecule has 6 nitrogen and oxygen atoms in total. The molecule has 1 fully saturated rings. The van der Waals surface area contributed by atoms with Crippen LogP contribution in [0.15, 0.2) is 67.0 Å². The van der Waals surface area contributed by atoms with Crippen LogP contribution < -0.4 is 10.1 Å². The van der Waals surface area contributed by atoms with Crippen LogP contribution in [0.1, 0.15) is 29.9 Å². The Morgan fingerprint density at radius 2 is 2.00 bits per heavy atom. The van der Waals surface area contributed by atoms with E-state index in [-0.39, 0.29) is 12.1 Å². The van der Waals surface area contributed by atoms with E-state index in [4.69, 9.17) is 21.7 Å². The Hall–Kier alpha value is -2.90. The lowest BCUT2D eigenvalue weighted by Gasteiger charge is -2.29. The van der Waals surface area contributed by atoms with Gasteiger partial charge in [0.2, 0.25) is 0 Å². The van der Waals surface area contributed by atoms with Gasteiger partial charge in [-0.1, -0.05) is 12.1 Å². The molecular formula is C23H26N4O2S. The molecule has 2 atom stereocenters. The van der Waals surface area contributed by atoms with Gasteiger partial charge in [-0.15, -0.1) is 0 Å². The minimum absolute atomic E-state index is 0.00505. The summed E-state index contributed by atoms with van der Waals surface area (Å²) in [7, 11) is 3.41. The van der Waals surface area contributed by atoms with E-state index in [1.807, 2.05) is 42.6 Å². The zero-order valence-electron chi connectivity index (χ0n) is 17.2. The third-order valence-electron chi connectivity index (χ3n) is 5.36. The van der Waals surface area contributed by atoms with E-state index in [1.165, 1.54) is 0 Å². The largest absolute Gasteiger partial charge is 0.497 e. The molecule has 1 saturated heterocycles. The van der Waals surface area contributed by atoms with Crippen molar-refractivity contribution in [1.29, 1.82) is 0 Å². The number of ether oxygens (including phenoxy) is 2. The lowest BCUT2D eigenvalue weighted by atomic mass is 10.0. The maximum atomic E-state index is 5.73. The summed E-state index contributed by atoms with van der Waals surface area (Å²) >= 11 is 5.73. The molecule has 0 spiro atoms. The monoisotopic (exact) mass is 422 g/mol. The van der Waals surface area contributed by atoms with E-state index in [0.717, 1.165) is 40.9 Å². The number of methoxy groups -OCH3 is 2. The lowest BCUT2D eigenvalue weighted by molar-refractivity contribution is 0.180. The van der Waals surface area contributed by atoms with Crippen molar-refractivity contribution in [3.05, 3.63) is 78.4 Å². The second-order valence-electron chi connectivity index (χ2n) is 7.17. The van der Waals surface area contributed by atoms with Gasteiger partial charge in [0.05, 0.1) is 24.9 Å². The molecule has 156 valence electrons. The van der Waals surface area contributed by atoms with E-state index >= 15 is 0 Å². The summed E-state index contributed by atoms with van der Waals surface area (Å²) in [5.41, 5.74) is 3.16. The van der Waals surface area contributed by atoms with Crippen LogP contribution in [0.5, 0.6) is 5.75 Å². The van der Waals surface area contributed by atoms with Crippen LogP contribution in [0.25, 0.3) is 5.69 Å². The quantitative estimate of drug-likeness (QED) is 0.439. The Balaban J connectivity index is 1.76. The number of hydrogen-bond donors (Lipinski definition) is 1. The van der Waals surface area contributed by atoms with Crippen molar-refractivity contribution in [3.8, 4) is 11.4 Å². The predicted octanol–water partition coefficient (Wildman–Crippen LogP) is 3.89. The molecule has 3 aromatic rings. The number of aromatic nitrogens is 2. The Bertz CT molecular complexity index is 992. The van der Waals surface area contributed by atoms with Crippen LogP contribution in [0, 0.1) is 0 Å². The fourth-order valence-corrected chi connectivity index (χ4v) is 4.31. The molecule has 1 aromatic carbocycles. The Kier molecular flexibility index (Phi) is 6.30. The van der Waals surface area contributed by atoms with Crippen molar-refractivity contribution < 1.29 is 9.47 Å². The van der Waals surface area contributed by atoms with Crippen molar-refractivity contribution in [2.45, 2.75) is 18.5 Å². The van der Waals surface area contributed by atoms with Gasteiger partial charge in [0.15, 0.2) is 5.11 Å². The maximum absolute atomic E-state index is 5.73. The summed E-state index contributed by atoms with van der Waals surface area (Å²) in [6.07, 6.45) is 4.80. The zero-order chi connectivity index (χ0) is 20.9. The lowest BCUT2D eigenvalue weighted by Crippen LogP contribution is -2.32. The van der Waals surface area contributed by atoms with Gasteiger partial charge in [0, 0.05) is 50.1 Å². The Labute approximate surface area is 182 Å². The summed E-state index contributed by atoms with van der Waals surface area (Å²) in [6.45, 7) is 1.49. The number of rotatable bonds is 8. The molecule has 2 unspecified atom stereocenters. The topological polar surface area (TPSA) is 51.5 Å². The summed E-state index contributed by atoms with van der Waals surface area (Å²) in [5, 5.41) is 4.24. The van der Waals surface area contributed by atoms with Gasteiger partial charge in [0.25, 0.3) is 0 Å². The molecule has 1 aliphatic heterocycles. The van der Waals surface area contributed by atoms with Crippen molar-refractivity contribution in [3.63, 3.8) is 0 Å². The van der Waals surface area contributed by atoms with Crippen LogP contribution in [0.4, 0.5) is 0 Å². The van der Waals surface area contributed by atoms with E-state index in [2.05, 4.69) is 44.2 Å². The van der Waals surface area contributed by atoms with Gasteiger partial charge in [-0.2, -0.15) is 0 Å². The van der Waals surface area contributed by atoms with Gasteiger partial charge in [0.1, 0.15) is 5.75 Å². The standard InChI is InChI=1S/C23H26N4O2S/c1-28-15-7-14-27-22(21(25-23(27)30)19-10-3-4-12-24-19)20-11-6-13-26(20)17-8-5-9-18(16-17)29-2/h3-6,8-13,16,21-22H,7,14-15H2,1-2H3,(H,25,30). The zero-order valence-corrected chi connectivity index (χ0v) is 18.0. The van der Waals surface area contributed by atoms with Gasteiger partial charge in [-0.3, -0.25) is 4.98 Å². The highest BCUT2D eigenvalue weighted by atomic mass is 32.1. The minimum Gasteiger partial charge on any atom is -0.497 e.